The molecule has 0 aliphatic rings. The van der Waals surface area contributed by atoms with Gasteiger partial charge in [0.2, 0.25) is 0 Å². The van der Waals surface area contributed by atoms with E-state index in [4.69, 9.17) is 27.9 Å². The lowest BCUT2D eigenvalue weighted by Gasteiger charge is -2.19. The fourth-order valence-electron chi connectivity index (χ4n) is 2.20. The second kappa shape index (κ2) is 6.98. The fraction of sp³-hybridized carbons (Fsp3) is 0.250. The van der Waals surface area contributed by atoms with E-state index in [0.717, 1.165) is 22.8 Å². The van der Waals surface area contributed by atoms with Crippen molar-refractivity contribution in [3.63, 3.8) is 0 Å². The summed E-state index contributed by atoms with van der Waals surface area (Å²) in [6.45, 7) is 0. The molecule has 2 nitrogen and oxygen atoms in total. The van der Waals surface area contributed by atoms with Gasteiger partial charge in [0.1, 0.15) is 5.75 Å². The van der Waals surface area contributed by atoms with Gasteiger partial charge in [-0.3, -0.25) is 0 Å². The molecule has 0 fully saturated rings. The number of methoxy groups -OCH3 is 1. The predicted octanol–water partition coefficient (Wildman–Crippen LogP) is 4.51. The van der Waals surface area contributed by atoms with Crippen molar-refractivity contribution in [3.8, 4) is 5.75 Å². The summed E-state index contributed by atoms with van der Waals surface area (Å²) in [5.41, 5.74) is 2.31. The maximum absolute atomic E-state index is 6.01. The molecule has 2 aromatic rings. The first kappa shape index (κ1) is 15.2. The van der Waals surface area contributed by atoms with E-state index in [1.807, 2.05) is 49.5 Å². The zero-order chi connectivity index (χ0) is 14.5. The van der Waals surface area contributed by atoms with E-state index in [1.165, 1.54) is 5.56 Å². The lowest BCUT2D eigenvalue weighted by Crippen LogP contribution is -2.19. The lowest BCUT2D eigenvalue weighted by molar-refractivity contribution is 0.401. The zero-order valence-corrected chi connectivity index (χ0v) is 13.0. The highest BCUT2D eigenvalue weighted by Crippen LogP contribution is 2.30. The Bertz CT molecular complexity index is 569. The molecule has 1 unspecified atom stereocenters. The van der Waals surface area contributed by atoms with Crippen molar-refractivity contribution >= 4 is 23.2 Å². The Morgan fingerprint density at radius 3 is 2.30 bits per heavy atom. The smallest absolute Gasteiger partial charge is 0.125 e. The summed E-state index contributed by atoms with van der Waals surface area (Å²) in [7, 11) is 3.60. The maximum atomic E-state index is 6.01. The molecule has 0 radical (unpaired) electrons. The van der Waals surface area contributed by atoms with Crippen LogP contribution in [0.5, 0.6) is 5.75 Å². The molecule has 0 aromatic heterocycles. The third kappa shape index (κ3) is 3.66. The van der Waals surface area contributed by atoms with Gasteiger partial charge in [-0.15, -0.1) is 0 Å². The Balaban J connectivity index is 2.26. The molecule has 4 heteroatoms. The number of likely N-dealkylation sites (N-methyl/N-ethyl adjacent to an activating group) is 1. The van der Waals surface area contributed by atoms with Crippen LogP contribution in [0.1, 0.15) is 17.2 Å². The van der Waals surface area contributed by atoms with E-state index >= 15 is 0 Å². The molecule has 0 aliphatic carbocycles. The quantitative estimate of drug-likeness (QED) is 0.877. The van der Waals surface area contributed by atoms with E-state index in [-0.39, 0.29) is 6.04 Å². The van der Waals surface area contributed by atoms with Crippen molar-refractivity contribution < 1.29 is 4.74 Å². The third-order valence-corrected chi connectivity index (χ3v) is 3.76. The van der Waals surface area contributed by atoms with Crippen molar-refractivity contribution in [2.75, 3.05) is 14.2 Å². The van der Waals surface area contributed by atoms with Gasteiger partial charge in [-0.1, -0.05) is 41.4 Å². The first-order chi connectivity index (χ1) is 9.63. The molecule has 106 valence electrons. The number of hydrogen-bond donors (Lipinski definition) is 1. The number of hydrogen-bond acceptors (Lipinski definition) is 2. The van der Waals surface area contributed by atoms with Gasteiger partial charge < -0.3 is 10.1 Å². The summed E-state index contributed by atoms with van der Waals surface area (Å²) in [5.74, 6) is 0.797. The van der Waals surface area contributed by atoms with Gasteiger partial charge in [-0.05, 0) is 43.3 Å². The molecule has 2 rings (SSSR count). The molecule has 0 amide bonds. The fourth-order valence-corrected chi connectivity index (χ4v) is 2.48. The van der Waals surface area contributed by atoms with Gasteiger partial charge in [0.15, 0.2) is 0 Å². The molecule has 0 aliphatic heterocycles. The number of nitrogens with one attached hydrogen (secondary N) is 1. The first-order valence-corrected chi connectivity index (χ1v) is 7.14. The summed E-state index contributed by atoms with van der Waals surface area (Å²) in [5, 5.41) is 4.74. The van der Waals surface area contributed by atoms with Gasteiger partial charge in [0.05, 0.1) is 7.11 Å². The molecule has 20 heavy (non-hydrogen) atoms. The molecule has 0 spiro atoms. The van der Waals surface area contributed by atoms with Crippen LogP contribution < -0.4 is 10.1 Å². The lowest BCUT2D eigenvalue weighted by atomic mass is 9.98. The Morgan fingerprint density at radius 2 is 1.70 bits per heavy atom. The van der Waals surface area contributed by atoms with Crippen molar-refractivity contribution in [2.45, 2.75) is 12.5 Å². The predicted molar refractivity (Wildman–Crippen MR) is 85.0 cm³/mol. The number of ether oxygens (including phenoxy) is 1. The van der Waals surface area contributed by atoms with Crippen molar-refractivity contribution in [3.05, 3.63) is 63.6 Å². The first-order valence-electron chi connectivity index (χ1n) is 6.39. The molecule has 1 atom stereocenters. The topological polar surface area (TPSA) is 21.3 Å². The monoisotopic (exact) mass is 309 g/mol. The van der Waals surface area contributed by atoms with Gasteiger partial charge in [0.25, 0.3) is 0 Å². The summed E-state index contributed by atoms with van der Waals surface area (Å²) < 4.78 is 5.42. The van der Waals surface area contributed by atoms with Crippen LogP contribution in [0.25, 0.3) is 0 Å². The van der Waals surface area contributed by atoms with E-state index < -0.39 is 0 Å². The summed E-state index contributed by atoms with van der Waals surface area (Å²) in [6, 6.07) is 13.8. The molecule has 0 saturated carbocycles. The van der Waals surface area contributed by atoms with Gasteiger partial charge in [0, 0.05) is 21.7 Å². The second-order valence-electron chi connectivity index (χ2n) is 4.56. The third-order valence-electron chi connectivity index (χ3n) is 3.27. The number of benzene rings is 2. The number of rotatable bonds is 5. The molecule has 2 aromatic carbocycles. The highest BCUT2D eigenvalue weighted by atomic mass is 35.5. The van der Waals surface area contributed by atoms with Crippen molar-refractivity contribution in [2.24, 2.45) is 0 Å². The maximum Gasteiger partial charge on any atom is 0.125 e. The van der Waals surface area contributed by atoms with Gasteiger partial charge in [-0.25, -0.2) is 0 Å². The molecule has 0 heterocycles. The summed E-state index contributed by atoms with van der Waals surface area (Å²) in [6.07, 6.45) is 0.853. The largest absolute Gasteiger partial charge is 0.496 e. The van der Waals surface area contributed by atoms with E-state index in [9.17, 15) is 0 Å². The molecular weight excluding hydrogens is 293 g/mol. The Hall–Kier alpha value is -1.22. The standard InChI is InChI=1S/C16H17Cl2NO/c1-19-15(9-11-3-5-12(17)6-4-11)14-8-7-13(18)10-16(14)20-2/h3-8,10,15,19H,9H2,1-2H3. The average Bonchev–Trinajstić information content (AvgIpc) is 2.47. The van der Waals surface area contributed by atoms with E-state index in [0.29, 0.717) is 5.02 Å². The van der Waals surface area contributed by atoms with Gasteiger partial charge >= 0.3 is 0 Å². The van der Waals surface area contributed by atoms with Crippen molar-refractivity contribution in [1.29, 1.82) is 0 Å². The van der Waals surface area contributed by atoms with Crippen LogP contribution in [0.4, 0.5) is 0 Å². The minimum atomic E-state index is 0.156. The minimum Gasteiger partial charge on any atom is -0.496 e. The highest BCUT2D eigenvalue weighted by molar-refractivity contribution is 6.30. The van der Waals surface area contributed by atoms with Gasteiger partial charge in [-0.2, -0.15) is 0 Å². The minimum absolute atomic E-state index is 0.156. The normalized spacial score (nSPS) is 12.2. The SMILES string of the molecule is CNC(Cc1ccc(Cl)cc1)c1ccc(Cl)cc1OC. The van der Waals surface area contributed by atoms with Crippen LogP contribution in [-0.4, -0.2) is 14.2 Å². The molecule has 0 bridgehead atoms. The molecule has 0 saturated heterocycles. The van der Waals surface area contributed by atoms with Crippen molar-refractivity contribution in [1.82, 2.24) is 5.32 Å². The molecular formula is C16H17Cl2NO. The summed E-state index contributed by atoms with van der Waals surface area (Å²) >= 11 is 11.9. The van der Waals surface area contributed by atoms with Crippen LogP contribution in [0.15, 0.2) is 42.5 Å². The summed E-state index contributed by atoms with van der Waals surface area (Å²) in [4.78, 5) is 0. The van der Waals surface area contributed by atoms with Crippen LogP contribution >= 0.6 is 23.2 Å². The van der Waals surface area contributed by atoms with Crippen LogP contribution in [0.3, 0.4) is 0 Å². The Morgan fingerprint density at radius 1 is 1.05 bits per heavy atom. The Labute approximate surface area is 129 Å². The zero-order valence-electron chi connectivity index (χ0n) is 11.5. The van der Waals surface area contributed by atoms with Crippen LogP contribution in [0, 0.1) is 0 Å². The van der Waals surface area contributed by atoms with Crippen LogP contribution in [-0.2, 0) is 6.42 Å². The van der Waals surface area contributed by atoms with Crippen LogP contribution in [0.2, 0.25) is 10.0 Å². The highest BCUT2D eigenvalue weighted by Gasteiger charge is 2.15. The Kier molecular flexibility index (Phi) is 5.30. The molecule has 1 N–H and O–H groups in total. The van der Waals surface area contributed by atoms with E-state index in [1.54, 1.807) is 7.11 Å². The average molecular weight is 310 g/mol. The van der Waals surface area contributed by atoms with E-state index in [2.05, 4.69) is 5.32 Å². The second-order valence-corrected chi connectivity index (χ2v) is 5.43. The number of halogens is 2.